The number of hydrogen-bond acceptors (Lipinski definition) is 5. The number of aryl methyl sites for hydroxylation is 1. The molecule has 0 aliphatic carbocycles. The Bertz CT molecular complexity index is 911. The van der Waals surface area contributed by atoms with Gasteiger partial charge in [0.2, 0.25) is 0 Å². The average Bonchev–Trinajstić information content (AvgIpc) is 2.77. The highest BCUT2D eigenvalue weighted by Gasteiger charge is 2.34. The van der Waals surface area contributed by atoms with Gasteiger partial charge in [-0.3, -0.25) is 4.79 Å². The monoisotopic (exact) mass is 412 g/mol. The van der Waals surface area contributed by atoms with Gasteiger partial charge in [-0.1, -0.05) is 29.8 Å². The maximum absolute atomic E-state index is 13.0. The molecule has 1 atom stereocenters. The first-order valence-electron chi connectivity index (χ1n) is 9.88. The van der Waals surface area contributed by atoms with Gasteiger partial charge in [0.15, 0.2) is 11.5 Å². The molecule has 0 saturated carbocycles. The third-order valence-electron chi connectivity index (χ3n) is 5.42. The normalized spacial score (nSPS) is 15.2. The van der Waals surface area contributed by atoms with E-state index < -0.39 is 6.04 Å². The summed E-state index contributed by atoms with van der Waals surface area (Å²) >= 11 is 0. The molecule has 0 spiro atoms. The third-order valence-corrected chi connectivity index (χ3v) is 5.42. The molecule has 7 heteroatoms. The number of carbonyl (C=O) groups excluding carboxylic acids is 2. The van der Waals surface area contributed by atoms with Crippen molar-refractivity contribution < 1.29 is 23.8 Å². The highest BCUT2D eigenvalue weighted by molar-refractivity contribution is 5.77. The number of urea groups is 1. The van der Waals surface area contributed by atoms with Gasteiger partial charge in [0.25, 0.3) is 0 Å². The van der Waals surface area contributed by atoms with Crippen LogP contribution < -0.4 is 14.8 Å². The minimum absolute atomic E-state index is 0.0664. The Kier molecular flexibility index (Phi) is 6.82. The number of fused-ring (bicyclic) bond motifs is 1. The van der Waals surface area contributed by atoms with E-state index in [9.17, 15) is 9.59 Å². The standard InChI is InChI=1S/C23H28N2O5/c1-15-5-7-16(8-6-15)14-24-23(27)25-10-9-17-11-20(28-2)21(29-3)12-18(17)19(25)13-22(26)30-4/h5-8,11-12,19H,9-10,13-14H2,1-4H3,(H,24,27)/t19-/m1/s1. The highest BCUT2D eigenvalue weighted by atomic mass is 16.5. The molecule has 1 aliphatic rings. The van der Waals surface area contributed by atoms with E-state index in [0.29, 0.717) is 31.0 Å². The van der Waals surface area contributed by atoms with E-state index in [0.717, 1.165) is 16.7 Å². The number of amides is 2. The summed E-state index contributed by atoms with van der Waals surface area (Å²) in [4.78, 5) is 26.8. The Morgan fingerprint density at radius 2 is 1.73 bits per heavy atom. The summed E-state index contributed by atoms with van der Waals surface area (Å²) in [5, 5.41) is 2.97. The summed E-state index contributed by atoms with van der Waals surface area (Å²) in [5.41, 5.74) is 4.08. The van der Waals surface area contributed by atoms with Crippen LogP contribution in [0.1, 0.15) is 34.7 Å². The number of nitrogens with zero attached hydrogens (tertiary/aromatic N) is 1. The van der Waals surface area contributed by atoms with Crippen molar-refractivity contribution in [3.63, 3.8) is 0 Å². The maximum atomic E-state index is 13.0. The molecule has 2 aromatic rings. The topological polar surface area (TPSA) is 77.1 Å². The van der Waals surface area contributed by atoms with Crippen LogP contribution in [0.3, 0.4) is 0 Å². The summed E-state index contributed by atoms with van der Waals surface area (Å²) in [6.07, 6.45) is 0.724. The lowest BCUT2D eigenvalue weighted by atomic mass is 9.90. The van der Waals surface area contributed by atoms with Crippen LogP contribution in [-0.2, 0) is 22.5 Å². The fourth-order valence-corrected chi connectivity index (χ4v) is 3.72. The van der Waals surface area contributed by atoms with Crippen molar-refractivity contribution in [2.24, 2.45) is 0 Å². The number of hydrogen-bond donors (Lipinski definition) is 1. The van der Waals surface area contributed by atoms with Crippen molar-refractivity contribution in [3.8, 4) is 11.5 Å². The Labute approximate surface area is 176 Å². The molecule has 0 radical (unpaired) electrons. The molecular weight excluding hydrogens is 384 g/mol. The molecule has 2 aromatic carbocycles. The molecule has 1 aliphatic heterocycles. The van der Waals surface area contributed by atoms with Crippen molar-refractivity contribution >= 4 is 12.0 Å². The van der Waals surface area contributed by atoms with Gasteiger partial charge in [0.1, 0.15) is 0 Å². The van der Waals surface area contributed by atoms with E-state index in [1.807, 2.05) is 43.3 Å². The fraction of sp³-hybridized carbons (Fsp3) is 0.391. The van der Waals surface area contributed by atoms with Gasteiger partial charge < -0.3 is 24.4 Å². The number of carbonyl (C=O) groups is 2. The number of esters is 1. The molecule has 1 heterocycles. The van der Waals surface area contributed by atoms with E-state index in [1.54, 1.807) is 19.1 Å². The molecule has 3 rings (SSSR count). The van der Waals surface area contributed by atoms with Crippen LogP contribution >= 0.6 is 0 Å². The van der Waals surface area contributed by atoms with E-state index in [2.05, 4.69) is 5.32 Å². The molecular formula is C23H28N2O5. The number of rotatable bonds is 6. The average molecular weight is 412 g/mol. The molecule has 0 bridgehead atoms. The van der Waals surface area contributed by atoms with Crippen LogP contribution in [0.5, 0.6) is 11.5 Å². The lowest BCUT2D eigenvalue weighted by Gasteiger charge is -2.37. The molecule has 1 N–H and O–H groups in total. The van der Waals surface area contributed by atoms with Crippen LogP contribution in [-0.4, -0.2) is 44.8 Å². The Hall–Kier alpha value is -3.22. The molecule has 2 amide bonds. The zero-order chi connectivity index (χ0) is 21.7. The van der Waals surface area contributed by atoms with Gasteiger partial charge in [-0.15, -0.1) is 0 Å². The predicted octanol–water partition coefficient (Wildman–Crippen LogP) is 3.38. The van der Waals surface area contributed by atoms with E-state index >= 15 is 0 Å². The zero-order valence-corrected chi connectivity index (χ0v) is 17.9. The van der Waals surface area contributed by atoms with Crippen molar-refractivity contribution in [2.45, 2.75) is 32.4 Å². The quantitative estimate of drug-likeness (QED) is 0.736. The van der Waals surface area contributed by atoms with Crippen LogP contribution in [0, 0.1) is 6.92 Å². The van der Waals surface area contributed by atoms with Gasteiger partial charge in [0, 0.05) is 13.1 Å². The molecule has 0 aromatic heterocycles. The minimum Gasteiger partial charge on any atom is -0.493 e. The van der Waals surface area contributed by atoms with Crippen molar-refractivity contribution in [3.05, 3.63) is 58.7 Å². The zero-order valence-electron chi connectivity index (χ0n) is 17.9. The largest absolute Gasteiger partial charge is 0.493 e. The summed E-state index contributed by atoms with van der Waals surface area (Å²) < 4.78 is 15.7. The smallest absolute Gasteiger partial charge is 0.318 e. The second kappa shape index (κ2) is 9.52. The SMILES string of the molecule is COC(=O)C[C@@H]1c2cc(OC)c(OC)cc2CCN1C(=O)NCc1ccc(C)cc1. The van der Waals surface area contributed by atoms with Crippen LogP contribution in [0.2, 0.25) is 0 Å². The van der Waals surface area contributed by atoms with Gasteiger partial charge >= 0.3 is 12.0 Å². The molecule has 0 unspecified atom stereocenters. The van der Waals surface area contributed by atoms with Crippen molar-refractivity contribution in [1.29, 1.82) is 0 Å². The summed E-state index contributed by atoms with van der Waals surface area (Å²) in [6, 6.07) is 11.1. The van der Waals surface area contributed by atoms with E-state index in [1.165, 1.54) is 12.7 Å². The molecule has 7 nitrogen and oxygen atoms in total. The van der Waals surface area contributed by atoms with Gasteiger partial charge in [0.05, 0.1) is 33.8 Å². The second-order valence-corrected chi connectivity index (χ2v) is 7.29. The first-order valence-corrected chi connectivity index (χ1v) is 9.88. The third kappa shape index (κ3) is 4.67. The summed E-state index contributed by atoms with van der Waals surface area (Å²) in [7, 11) is 4.50. The van der Waals surface area contributed by atoms with Crippen LogP contribution in [0.4, 0.5) is 4.79 Å². The fourth-order valence-electron chi connectivity index (χ4n) is 3.72. The van der Waals surface area contributed by atoms with E-state index in [-0.39, 0.29) is 18.4 Å². The molecule has 30 heavy (non-hydrogen) atoms. The Morgan fingerprint density at radius 3 is 2.37 bits per heavy atom. The molecule has 0 saturated heterocycles. The maximum Gasteiger partial charge on any atom is 0.318 e. The van der Waals surface area contributed by atoms with Crippen LogP contribution in [0.15, 0.2) is 36.4 Å². The second-order valence-electron chi connectivity index (χ2n) is 7.29. The van der Waals surface area contributed by atoms with Gasteiger partial charge in [-0.2, -0.15) is 0 Å². The lowest BCUT2D eigenvalue weighted by Crippen LogP contribution is -2.46. The Morgan fingerprint density at radius 1 is 1.07 bits per heavy atom. The van der Waals surface area contributed by atoms with Gasteiger partial charge in [-0.25, -0.2) is 4.79 Å². The van der Waals surface area contributed by atoms with Gasteiger partial charge in [-0.05, 0) is 42.2 Å². The summed E-state index contributed by atoms with van der Waals surface area (Å²) in [6.45, 7) is 2.93. The highest BCUT2D eigenvalue weighted by Crippen LogP contribution is 2.39. The first kappa shape index (κ1) is 21.5. The van der Waals surface area contributed by atoms with Crippen molar-refractivity contribution in [2.75, 3.05) is 27.9 Å². The molecule has 160 valence electrons. The molecule has 0 fully saturated rings. The lowest BCUT2D eigenvalue weighted by molar-refractivity contribution is -0.141. The van der Waals surface area contributed by atoms with Crippen LogP contribution in [0.25, 0.3) is 0 Å². The first-order chi connectivity index (χ1) is 14.5. The number of nitrogens with one attached hydrogen (secondary N) is 1. The minimum atomic E-state index is -0.445. The number of methoxy groups -OCH3 is 3. The van der Waals surface area contributed by atoms with E-state index in [4.69, 9.17) is 14.2 Å². The number of ether oxygens (including phenoxy) is 3. The number of benzene rings is 2. The Balaban J connectivity index is 1.85. The van der Waals surface area contributed by atoms with Crippen molar-refractivity contribution in [1.82, 2.24) is 10.2 Å². The summed E-state index contributed by atoms with van der Waals surface area (Å²) in [5.74, 6) is 0.817. The predicted molar refractivity (Wildman–Crippen MR) is 113 cm³/mol.